The molecule has 0 aromatic heterocycles. The van der Waals surface area contributed by atoms with Gasteiger partial charge in [0.05, 0.1) is 17.3 Å². The van der Waals surface area contributed by atoms with Crippen LogP contribution in [0.2, 0.25) is 0 Å². The second kappa shape index (κ2) is 3.19. The summed E-state index contributed by atoms with van der Waals surface area (Å²) in [5.41, 5.74) is 1.95. The summed E-state index contributed by atoms with van der Waals surface area (Å²) in [7, 11) is 0. The van der Waals surface area contributed by atoms with Crippen molar-refractivity contribution in [2.45, 2.75) is 19.3 Å². The van der Waals surface area contributed by atoms with Crippen LogP contribution in [0.25, 0.3) is 0 Å². The second-order valence-corrected chi connectivity index (χ2v) is 4.02. The van der Waals surface area contributed by atoms with Crippen LogP contribution in [-0.4, -0.2) is 11.6 Å². The van der Waals surface area contributed by atoms with E-state index in [1.807, 2.05) is 30.3 Å². The fourth-order valence-electron chi connectivity index (χ4n) is 2.29. The Labute approximate surface area is 88.4 Å². The van der Waals surface area contributed by atoms with Gasteiger partial charge in [-0.15, -0.1) is 0 Å². The first-order valence-corrected chi connectivity index (χ1v) is 5.32. The Kier molecular flexibility index (Phi) is 1.84. The van der Waals surface area contributed by atoms with Crippen molar-refractivity contribution in [1.29, 1.82) is 0 Å². The van der Waals surface area contributed by atoms with Crippen molar-refractivity contribution in [3.05, 3.63) is 30.3 Å². The van der Waals surface area contributed by atoms with Crippen molar-refractivity contribution in [3.8, 4) is 0 Å². The van der Waals surface area contributed by atoms with Crippen LogP contribution < -0.4 is 5.01 Å². The van der Waals surface area contributed by atoms with Crippen LogP contribution in [0.5, 0.6) is 0 Å². The topological polar surface area (TPSA) is 32.7 Å². The highest BCUT2D eigenvalue weighted by molar-refractivity contribution is 6.16. The number of hydrogen-bond donors (Lipinski definition) is 0. The van der Waals surface area contributed by atoms with E-state index in [1.165, 1.54) is 0 Å². The number of anilines is 1. The van der Waals surface area contributed by atoms with Gasteiger partial charge in [0.1, 0.15) is 0 Å². The van der Waals surface area contributed by atoms with Crippen molar-refractivity contribution in [2.24, 2.45) is 11.0 Å². The summed E-state index contributed by atoms with van der Waals surface area (Å²) < 4.78 is 0. The van der Waals surface area contributed by atoms with Gasteiger partial charge in [-0.05, 0) is 31.4 Å². The molecule has 1 aliphatic heterocycles. The molecule has 3 heteroatoms. The number of benzene rings is 1. The van der Waals surface area contributed by atoms with Crippen LogP contribution in [0.3, 0.4) is 0 Å². The molecule has 1 heterocycles. The summed E-state index contributed by atoms with van der Waals surface area (Å²) in [5.74, 6) is 0.221. The molecule has 76 valence electrons. The fourth-order valence-corrected chi connectivity index (χ4v) is 2.29. The lowest BCUT2D eigenvalue weighted by atomic mass is 10.1. The minimum absolute atomic E-state index is 0.0743. The molecule has 1 aromatic carbocycles. The number of carbonyl (C=O) groups excluding carboxylic acids is 1. The van der Waals surface area contributed by atoms with Gasteiger partial charge < -0.3 is 0 Å². The zero-order valence-electron chi connectivity index (χ0n) is 8.39. The number of carbonyl (C=O) groups is 1. The lowest BCUT2D eigenvalue weighted by Crippen LogP contribution is -2.25. The summed E-state index contributed by atoms with van der Waals surface area (Å²) in [6.45, 7) is 0. The zero-order valence-corrected chi connectivity index (χ0v) is 8.39. The molecule has 1 amide bonds. The van der Waals surface area contributed by atoms with Crippen LogP contribution >= 0.6 is 0 Å². The number of nitrogens with zero attached hydrogens (tertiary/aromatic N) is 2. The van der Waals surface area contributed by atoms with Gasteiger partial charge in [0.15, 0.2) is 0 Å². The van der Waals surface area contributed by atoms with Crippen LogP contribution in [0.15, 0.2) is 35.4 Å². The molecule has 1 saturated carbocycles. The molecule has 0 bridgehead atoms. The van der Waals surface area contributed by atoms with E-state index < -0.39 is 0 Å². The molecule has 0 N–H and O–H groups in total. The van der Waals surface area contributed by atoms with Crippen molar-refractivity contribution >= 4 is 17.3 Å². The number of rotatable bonds is 1. The lowest BCUT2D eigenvalue weighted by Gasteiger charge is -2.13. The summed E-state index contributed by atoms with van der Waals surface area (Å²) in [4.78, 5) is 12.0. The van der Waals surface area contributed by atoms with Gasteiger partial charge in [0, 0.05) is 0 Å². The number of hydrogen-bond acceptors (Lipinski definition) is 2. The third kappa shape index (κ3) is 1.27. The maximum absolute atomic E-state index is 12.0. The molecule has 3 nitrogen and oxygen atoms in total. The van der Waals surface area contributed by atoms with Crippen molar-refractivity contribution < 1.29 is 4.79 Å². The third-order valence-electron chi connectivity index (χ3n) is 3.06. The molecule has 3 rings (SSSR count). The zero-order chi connectivity index (χ0) is 10.3. The van der Waals surface area contributed by atoms with Gasteiger partial charge in [-0.1, -0.05) is 18.2 Å². The number of amides is 1. The first-order valence-electron chi connectivity index (χ1n) is 5.32. The molecule has 1 fully saturated rings. The molecule has 2 aliphatic rings. The Morgan fingerprint density at radius 2 is 2.07 bits per heavy atom. The van der Waals surface area contributed by atoms with E-state index in [-0.39, 0.29) is 11.8 Å². The second-order valence-electron chi connectivity index (χ2n) is 4.02. The summed E-state index contributed by atoms with van der Waals surface area (Å²) in [6.07, 6.45) is 3.07. The number of para-hydroxylation sites is 1. The first-order chi connectivity index (χ1) is 7.36. The van der Waals surface area contributed by atoms with Crippen LogP contribution in [0.4, 0.5) is 5.69 Å². The van der Waals surface area contributed by atoms with Gasteiger partial charge in [-0.25, -0.2) is 5.01 Å². The highest BCUT2D eigenvalue weighted by Crippen LogP contribution is 2.32. The molecule has 0 radical (unpaired) electrons. The smallest absolute Gasteiger partial charge is 0.256 e. The summed E-state index contributed by atoms with van der Waals surface area (Å²) in [5, 5.41) is 5.96. The minimum Gasteiger partial charge on any atom is -0.272 e. The van der Waals surface area contributed by atoms with Crippen molar-refractivity contribution in [3.63, 3.8) is 0 Å². The monoisotopic (exact) mass is 200 g/mol. The van der Waals surface area contributed by atoms with E-state index in [0.717, 1.165) is 30.7 Å². The standard InChI is InChI=1S/C12H12N2O/c15-12-10-7-4-8-11(10)13-14(12)9-5-2-1-3-6-9/h1-3,5-6,10H,4,7-8H2. The molecular weight excluding hydrogens is 188 g/mol. The van der Waals surface area contributed by atoms with Gasteiger partial charge in [-0.2, -0.15) is 5.10 Å². The lowest BCUT2D eigenvalue weighted by molar-refractivity contribution is -0.119. The van der Waals surface area contributed by atoms with Gasteiger partial charge in [0.25, 0.3) is 5.91 Å². The molecule has 0 saturated heterocycles. The van der Waals surface area contributed by atoms with Gasteiger partial charge in [0.2, 0.25) is 0 Å². The SMILES string of the molecule is O=C1C2CCCC2=NN1c1ccccc1. The number of hydrazone groups is 1. The normalized spacial score (nSPS) is 24.3. The maximum Gasteiger partial charge on any atom is 0.256 e. The highest BCUT2D eigenvalue weighted by Gasteiger charge is 2.39. The molecule has 15 heavy (non-hydrogen) atoms. The Morgan fingerprint density at radius 3 is 2.80 bits per heavy atom. The number of fused-ring (bicyclic) bond motifs is 1. The van der Waals surface area contributed by atoms with Gasteiger partial charge >= 0.3 is 0 Å². The Bertz CT molecular complexity index is 425. The van der Waals surface area contributed by atoms with E-state index in [0.29, 0.717) is 0 Å². The maximum atomic E-state index is 12.0. The fraction of sp³-hybridized carbons (Fsp3) is 0.333. The van der Waals surface area contributed by atoms with Crippen LogP contribution in [0.1, 0.15) is 19.3 Å². The Morgan fingerprint density at radius 1 is 1.27 bits per heavy atom. The van der Waals surface area contributed by atoms with Crippen molar-refractivity contribution in [1.82, 2.24) is 0 Å². The van der Waals surface area contributed by atoms with Crippen LogP contribution in [0, 0.1) is 5.92 Å². The predicted molar refractivity (Wildman–Crippen MR) is 58.7 cm³/mol. The van der Waals surface area contributed by atoms with E-state index in [1.54, 1.807) is 5.01 Å². The third-order valence-corrected chi connectivity index (χ3v) is 3.06. The molecule has 1 aromatic rings. The summed E-state index contributed by atoms with van der Waals surface area (Å²) >= 11 is 0. The summed E-state index contributed by atoms with van der Waals surface area (Å²) in [6, 6.07) is 9.64. The average Bonchev–Trinajstić information content (AvgIpc) is 2.83. The molecule has 1 unspecified atom stereocenters. The highest BCUT2D eigenvalue weighted by atomic mass is 16.2. The average molecular weight is 200 g/mol. The van der Waals surface area contributed by atoms with E-state index in [4.69, 9.17) is 0 Å². The minimum atomic E-state index is 0.0743. The molecule has 1 aliphatic carbocycles. The molecule has 1 atom stereocenters. The van der Waals surface area contributed by atoms with Crippen LogP contribution in [-0.2, 0) is 4.79 Å². The largest absolute Gasteiger partial charge is 0.272 e. The van der Waals surface area contributed by atoms with Crippen molar-refractivity contribution in [2.75, 3.05) is 5.01 Å². The van der Waals surface area contributed by atoms with E-state index >= 15 is 0 Å². The van der Waals surface area contributed by atoms with E-state index in [9.17, 15) is 4.79 Å². The molecule has 0 spiro atoms. The van der Waals surface area contributed by atoms with Gasteiger partial charge in [-0.3, -0.25) is 4.79 Å². The van der Waals surface area contributed by atoms with E-state index in [2.05, 4.69) is 5.10 Å². The Hall–Kier alpha value is -1.64. The predicted octanol–water partition coefficient (Wildman–Crippen LogP) is 2.19. The first kappa shape index (κ1) is 8.65. The quantitative estimate of drug-likeness (QED) is 0.684. The Balaban J connectivity index is 1.97. The molecular formula is C12H12N2O.